The molecule has 0 aliphatic rings. The van der Waals surface area contributed by atoms with Crippen LogP contribution in [0.5, 0.6) is 11.6 Å². The molecule has 2 rings (SSSR count). The first-order valence-electron chi connectivity index (χ1n) is 5.90. The van der Waals surface area contributed by atoms with Crippen molar-refractivity contribution in [1.29, 1.82) is 0 Å². The first-order valence-corrected chi connectivity index (χ1v) is 5.90. The summed E-state index contributed by atoms with van der Waals surface area (Å²) < 4.78 is 10.9. The van der Waals surface area contributed by atoms with Crippen LogP contribution in [-0.2, 0) is 0 Å². The molecule has 0 aliphatic carbocycles. The average molecular weight is 247 g/mol. The normalized spacial score (nSPS) is 10.9. The Labute approximate surface area is 106 Å². The van der Waals surface area contributed by atoms with Gasteiger partial charge in [0.1, 0.15) is 5.75 Å². The van der Waals surface area contributed by atoms with Crippen molar-refractivity contribution in [1.82, 2.24) is 4.98 Å². The van der Waals surface area contributed by atoms with Gasteiger partial charge < -0.3 is 14.5 Å². The molecule has 1 heterocycles. The molecule has 0 fully saturated rings. The molecule has 4 nitrogen and oxygen atoms in total. The molecule has 1 N–H and O–H groups in total. The van der Waals surface area contributed by atoms with E-state index in [0.29, 0.717) is 22.5 Å². The van der Waals surface area contributed by atoms with Crippen molar-refractivity contribution in [3.05, 3.63) is 34.0 Å². The summed E-state index contributed by atoms with van der Waals surface area (Å²) in [6.45, 7) is 5.76. The standard InChI is InChI=1S/C14H17NO3/c1-8(2)18-12-7-11(16)10-6-5-9(3)14(17-4)13(10)15-12/h5-8H,1-4H3,(H,15,16). The highest BCUT2D eigenvalue weighted by molar-refractivity contribution is 5.86. The predicted molar refractivity (Wildman–Crippen MR) is 71.6 cm³/mol. The van der Waals surface area contributed by atoms with Crippen LogP contribution in [0.25, 0.3) is 10.9 Å². The third-order valence-electron chi connectivity index (χ3n) is 2.70. The van der Waals surface area contributed by atoms with E-state index in [1.807, 2.05) is 26.8 Å². The fraction of sp³-hybridized carbons (Fsp3) is 0.357. The minimum Gasteiger partial charge on any atom is -0.494 e. The largest absolute Gasteiger partial charge is 0.494 e. The Morgan fingerprint density at radius 1 is 1.28 bits per heavy atom. The highest BCUT2D eigenvalue weighted by Gasteiger charge is 2.10. The van der Waals surface area contributed by atoms with Gasteiger partial charge in [-0.1, -0.05) is 6.07 Å². The van der Waals surface area contributed by atoms with Gasteiger partial charge in [0.05, 0.1) is 18.7 Å². The molecule has 0 saturated heterocycles. The Morgan fingerprint density at radius 2 is 2.00 bits per heavy atom. The molecular weight excluding hydrogens is 230 g/mol. The summed E-state index contributed by atoms with van der Waals surface area (Å²) in [5, 5.41) is 0.605. The smallest absolute Gasteiger partial charge is 0.195 e. The van der Waals surface area contributed by atoms with Gasteiger partial charge in [0.2, 0.25) is 0 Å². The van der Waals surface area contributed by atoms with Crippen LogP contribution in [0.3, 0.4) is 0 Å². The van der Waals surface area contributed by atoms with Crippen LogP contribution in [0.15, 0.2) is 23.0 Å². The number of aryl methyl sites for hydroxylation is 1. The molecule has 4 heteroatoms. The second-order valence-corrected chi connectivity index (χ2v) is 4.50. The molecular formula is C14H17NO3. The molecule has 1 aromatic carbocycles. The van der Waals surface area contributed by atoms with E-state index in [-0.39, 0.29) is 11.5 Å². The van der Waals surface area contributed by atoms with Gasteiger partial charge in [-0.2, -0.15) is 0 Å². The number of ether oxygens (including phenoxy) is 2. The van der Waals surface area contributed by atoms with E-state index < -0.39 is 0 Å². The molecule has 2 aromatic rings. The van der Waals surface area contributed by atoms with Crippen molar-refractivity contribution >= 4 is 10.9 Å². The first kappa shape index (κ1) is 12.5. The van der Waals surface area contributed by atoms with Gasteiger partial charge in [-0.25, -0.2) is 0 Å². The van der Waals surface area contributed by atoms with Crippen LogP contribution in [0.2, 0.25) is 0 Å². The van der Waals surface area contributed by atoms with Gasteiger partial charge in [-0.15, -0.1) is 0 Å². The number of fused-ring (bicyclic) bond motifs is 1. The maximum absolute atomic E-state index is 12.0. The molecule has 18 heavy (non-hydrogen) atoms. The summed E-state index contributed by atoms with van der Waals surface area (Å²) in [4.78, 5) is 15.1. The number of pyridine rings is 1. The molecule has 0 saturated carbocycles. The zero-order valence-corrected chi connectivity index (χ0v) is 11.0. The maximum Gasteiger partial charge on any atom is 0.195 e. The number of benzene rings is 1. The predicted octanol–water partition coefficient (Wildman–Crippen LogP) is 2.63. The van der Waals surface area contributed by atoms with E-state index in [1.54, 1.807) is 13.2 Å². The molecule has 0 radical (unpaired) electrons. The Bertz CT molecular complexity index is 629. The maximum atomic E-state index is 12.0. The summed E-state index contributed by atoms with van der Waals surface area (Å²) >= 11 is 0. The zero-order chi connectivity index (χ0) is 13.3. The van der Waals surface area contributed by atoms with Crippen LogP contribution in [0.1, 0.15) is 19.4 Å². The van der Waals surface area contributed by atoms with Crippen LogP contribution >= 0.6 is 0 Å². The quantitative estimate of drug-likeness (QED) is 0.907. The van der Waals surface area contributed by atoms with Crippen molar-refractivity contribution in [3.8, 4) is 11.6 Å². The Hall–Kier alpha value is -1.97. The van der Waals surface area contributed by atoms with Crippen molar-refractivity contribution in [3.63, 3.8) is 0 Å². The van der Waals surface area contributed by atoms with E-state index in [4.69, 9.17) is 9.47 Å². The van der Waals surface area contributed by atoms with Crippen molar-refractivity contribution < 1.29 is 9.47 Å². The van der Waals surface area contributed by atoms with E-state index in [2.05, 4.69) is 4.98 Å². The lowest BCUT2D eigenvalue weighted by molar-refractivity contribution is 0.233. The molecule has 0 spiro atoms. The Morgan fingerprint density at radius 3 is 2.61 bits per heavy atom. The van der Waals surface area contributed by atoms with Gasteiger partial charge in [-0.3, -0.25) is 4.79 Å². The average Bonchev–Trinajstić information content (AvgIpc) is 2.27. The van der Waals surface area contributed by atoms with Gasteiger partial charge in [-0.05, 0) is 32.4 Å². The van der Waals surface area contributed by atoms with Crippen molar-refractivity contribution in [2.45, 2.75) is 26.9 Å². The number of methoxy groups -OCH3 is 1. The fourth-order valence-corrected chi connectivity index (χ4v) is 1.95. The number of aromatic nitrogens is 1. The summed E-state index contributed by atoms with van der Waals surface area (Å²) in [5.41, 5.74) is 1.58. The van der Waals surface area contributed by atoms with Crippen LogP contribution in [0.4, 0.5) is 0 Å². The Balaban J connectivity index is 2.72. The molecule has 0 bridgehead atoms. The second kappa shape index (κ2) is 4.72. The van der Waals surface area contributed by atoms with E-state index in [1.165, 1.54) is 6.07 Å². The number of rotatable bonds is 3. The molecule has 0 unspecified atom stereocenters. The highest BCUT2D eigenvalue weighted by Crippen LogP contribution is 2.27. The fourth-order valence-electron chi connectivity index (χ4n) is 1.95. The Kier molecular flexibility index (Phi) is 3.28. The molecule has 0 aliphatic heterocycles. The summed E-state index contributed by atoms with van der Waals surface area (Å²) in [6.07, 6.45) is 0.00824. The highest BCUT2D eigenvalue weighted by atomic mass is 16.5. The molecule has 0 amide bonds. The molecule has 1 aromatic heterocycles. The lowest BCUT2D eigenvalue weighted by Crippen LogP contribution is -2.11. The van der Waals surface area contributed by atoms with Gasteiger partial charge >= 0.3 is 0 Å². The number of nitrogens with one attached hydrogen (secondary N) is 1. The molecule has 0 atom stereocenters. The van der Waals surface area contributed by atoms with Gasteiger partial charge in [0.15, 0.2) is 11.3 Å². The second-order valence-electron chi connectivity index (χ2n) is 4.50. The minimum absolute atomic E-state index is 0.00824. The van der Waals surface area contributed by atoms with Crippen LogP contribution in [0, 0.1) is 6.92 Å². The lowest BCUT2D eigenvalue weighted by Gasteiger charge is -2.13. The van der Waals surface area contributed by atoms with Crippen LogP contribution in [-0.4, -0.2) is 18.2 Å². The van der Waals surface area contributed by atoms with Gasteiger partial charge in [0, 0.05) is 11.5 Å². The van der Waals surface area contributed by atoms with Crippen molar-refractivity contribution in [2.24, 2.45) is 0 Å². The third kappa shape index (κ3) is 2.18. The topological polar surface area (TPSA) is 51.3 Å². The first-order chi connectivity index (χ1) is 8.52. The van der Waals surface area contributed by atoms with Crippen molar-refractivity contribution in [2.75, 3.05) is 7.11 Å². The summed E-state index contributed by atoms with van der Waals surface area (Å²) in [6, 6.07) is 5.14. The number of aromatic amines is 1. The summed E-state index contributed by atoms with van der Waals surface area (Å²) in [7, 11) is 1.59. The zero-order valence-electron chi connectivity index (χ0n) is 11.0. The van der Waals surface area contributed by atoms with Gasteiger partial charge in [0.25, 0.3) is 0 Å². The SMILES string of the molecule is COc1c(C)ccc2c(=O)cc(OC(C)C)[nH]c12. The van der Waals surface area contributed by atoms with Crippen LogP contribution < -0.4 is 14.9 Å². The summed E-state index contributed by atoms with van der Waals surface area (Å²) in [5.74, 6) is 1.14. The minimum atomic E-state index is -0.0716. The molecule has 96 valence electrons. The number of hydrogen-bond donors (Lipinski definition) is 1. The van der Waals surface area contributed by atoms with E-state index in [0.717, 1.165) is 5.56 Å². The number of hydrogen-bond acceptors (Lipinski definition) is 3. The lowest BCUT2D eigenvalue weighted by atomic mass is 10.1. The monoisotopic (exact) mass is 247 g/mol. The number of H-pyrrole nitrogens is 1. The third-order valence-corrected chi connectivity index (χ3v) is 2.70. The van der Waals surface area contributed by atoms with E-state index >= 15 is 0 Å². The van der Waals surface area contributed by atoms with E-state index in [9.17, 15) is 4.79 Å².